The first-order chi connectivity index (χ1) is 9.23. The van der Waals surface area contributed by atoms with Gasteiger partial charge in [-0.1, -0.05) is 52.7 Å². The summed E-state index contributed by atoms with van der Waals surface area (Å²) in [6.07, 6.45) is 5.73. The third kappa shape index (κ3) is 3.02. The zero-order valence-corrected chi connectivity index (χ0v) is 14.4. The molecule has 0 nitrogen and oxygen atoms in total. The molecule has 108 valence electrons. The maximum absolute atomic E-state index is 2.32. The molecule has 0 radical (unpaired) electrons. The highest BCUT2D eigenvalue weighted by Crippen LogP contribution is 2.54. The van der Waals surface area contributed by atoms with Crippen molar-refractivity contribution in [1.82, 2.24) is 0 Å². The molecule has 0 aromatic heterocycles. The number of hydrogen-bond donors (Lipinski definition) is 0. The Labute approximate surface area is 124 Å². The van der Waals surface area contributed by atoms with Crippen LogP contribution in [0.1, 0.15) is 70.1 Å². The van der Waals surface area contributed by atoms with E-state index in [4.69, 9.17) is 0 Å². The lowest BCUT2D eigenvalue weighted by Gasteiger charge is -2.25. The van der Waals surface area contributed by atoms with Gasteiger partial charge in [-0.05, 0) is 43.4 Å². The predicted molar refractivity (Wildman–Crippen MR) is 89.5 cm³/mol. The van der Waals surface area contributed by atoms with E-state index >= 15 is 0 Å². The van der Waals surface area contributed by atoms with Crippen LogP contribution in [-0.4, -0.2) is 5.75 Å². The van der Waals surface area contributed by atoms with Gasteiger partial charge in [0, 0.05) is 16.1 Å². The molecule has 2 aliphatic rings. The molecule has 1 aromatic carbocycles. The fraction of sp³-hybridized carbons (Fsp3) is 0.667. The summed E-state index contributed by atoms with van der Waals surface area (Å²) in [7, 11) is 0. The molecule has 0 bridgehead atoms. The average molecular weight is 279 g/mol. The van der Waals surface area contributed by atoms with Gasteiger partial charge in [-0.15, -0.1) is 11.8 Å². The summed E-state index contributed by atoms with van der Waals surface area (Å²) in [6.45, 7) is 12.6. The van der Waals surface area contributed by atoms with E-state index in [9.17, 15) is 0 Å². The van der Waals surface area contributed by atoms with Crippen LogP contribution in [0.2, 0.25) is 0 Å². The Morgan fingerprint density at radius 1 is 0.895 bits per heavy atom. The maximum atomic E-state index is 2.32. The molecular weight excluding hydrogens is 248 g/mol. The van der Waals surface area contributed by atoms with E-state index in [0.29, 0.717) is 5.41 Å². The van der Waals surface area contributed by atoms with Crippen molar-refractivity contribution in [1.29, 1.82) is 0 Å². The number of thioether (sulfide) groups is 1. The number of hydrogen-bond acceptors (Lipinski definition) is 1. The lowest BCUT2D eigenvalue weighted by Crippen LogP contribution is -2.22. The van der Waals surface area contributed by atoms with Crippen LogP contribution < -0.4 is 0 Å². The van der Waals surface area contributed by atoms with E-state index in [2.05, 4.69) is 37.7 Å². The summed E-state index contributed by atoms with van der Waals surface area (Å²) in [5, 5.41) is 0. The zero-order chi connectivity index (χ0) is 14.5. The monoisotopic (exact) mass is 278 g/mol. The van der Waals surface area contributed by atoms with Gasteiger partial charge in [-0.2, -0.15) is 0 Å². The molecule has 0 atom stereocenters. The number of fused-ring (bicyclic) bond motifs is 2. The summed E-state index contributed by atoms with van der Waals surface area (Å²) < 4.78 is 0. The minimum absolute atomic E-state index is 0.566. The molecule has 1 aliphatic carbocycles. The van der Waals surface area contributed by atoms with Gasteiger partial charge in [-0.3, -0.25) is 0 Å². The van der Waals surface area contributed by atoms with Crippen molar-refractivity contribution in [3.05, 3.63) is 28.8 Å². The van der Waals surface area contributed by atoms with Crippen molar-refractivity contribution in [2.75, 3.05) is 5.75 Å². The normalized spacial score (nSPS) is 18.2. The first-order valence-corrected chi connectivity index (χ1v) is 8.95. The number of rotatable bonds is 0. The second-order valence-electron chi connectivity index (χ2n) is 5.18. The van der Waals surface area contributed by atoms with Gasteiger partial charge in [-0.25, -0.2) is 0 Å². The van der Waals surface area contributed by atoms with Gasteiger partial charge in [0.15, 0.2) is 0 Å². The van der Waals surface area contributed by atoms with Crippen LogP contribution in [0, 0.1) is 13.8 Å². The summed E-state index contributed by atoms with van der Waals surface area (Å²) in [4.78, 5) is 1.61. The van der Waals surface area contributed by atoms with Crippen LogP contribution in [0.15, 0.2) is 17.0 Å². The lowest BCUT2D eigenvalue weighted by molar-refractivity contribution is 0.500. The second-order valence-corrected chi connectivity index (χ2v) is 6.17. The molecule has 0 saturated heterocycles. The molecule has 1 saturated carbocycles. The quantitative estimate of drug-likeness (QED) is 0.538. The van der Waals surface area contributed by atoms with E-state index in [1.807, 2.05) is 27.7 Å². The first kappa shape index (κ1) is 16.6. The van der Waals surface area contributed by atoms with Crippen molar-refractivity contribution in [2.24, 2.45) is 0 Å². The van der Waals surface area contributed by atoms with Crippen LogP contribution >= 0.6 is 11.8 Å². The largest absolute Gasteiger partial charge is 0.125 e. The predicted octanol–water partition coefficient (Wildman–Crippen LogP) is 6.27. The molecule has 1 fully saturated rings. The first-order valence-electron chi connectivity index (χ1n) is 7.96. The lowest BCUT2D eigenvalue weighted by atomic mass is 9.78. The van der Waals surface area contributed by atoms with Gasteiger partial charge < -0.3 is 0 Å². The Hall–Kier alpha value is -0.430. The van der Waals surface area contributed by atoms with Gasteiger partial charge in [0.1, 0.15) is 0 Å². The zero-order valence-electron chi connectivity index (χ0n) is 13.6. The SMILES string of the molecule is CC.CC.Cc1ccc(C)c2c1SCC21CCCC1. The highest BCUT2D eigenvalue weighted by Gasteiger charge is 2.42. The third-order valence-corrected chi connectivity index (χ3v) is 5.66. The number of benzene rings is 1. The van der Waals surface area contributed by atoms with E-state index in [-0.39, 0.29) is 0 Å². The van der Waals surface area contributed by atoms with Crippen LogP contribution in [-0.2, 0) is 5.41 Å². The van der Waals surface area contributed by atoms with Crippen LogP contribution in [0.3, 0.4) is 0 Å². The van der Waals surface area contributed by atoms with E-state index < -0.39 is 0 Å². The highest BCUT2D eigenvalue weighted by molar-refractivity contribution is 7.99. The minimum atomic E-state index is 0.566. The standard InChI is InChI=1S/C14H18S.2C2H6/c1-10-5-6-11(2)13-12(10)14(9-15-13)7-3-4-8-14;2*1-2/h5-6H,3-4,7-9H2,1-2H3;2*1-2H3. The molecule has 0 unspecified atom stereocenters. The Morgan fingerprint density at radius 2 is 1.42 bits per heavy atom. The summed E-state index contributed by atoms with van der Waals surface area (Å²) in [6, 6.07) is 4.61. The minimum Gasteiger partial charge on any atom is -0.125 e. The Balaban J connectivity index is 0.000000415. The van der Waals surface area contributed by atoms with Crippen molar-refractivity contribution < 1.29 is 0 Å². The molecule has 1 heterocycles. The average Bonchev–Trinajstić information content (AvgIpc) is 3.09. The third-order valence-electron chi connectivity index (χ3n) is 4.15. The fourth-order valence-corrected chi connectivity index (χ4v) is 5.03. The molecule has 3 rings (SSSR count). The molecule has 1 spiro atoms. The topological polar surface area (TPSA) is 0 Å². The summed E-state index contributed by atoms with van der Waals surface area (Å²) in [5.41, 5.74) is 5.30. The maximum Gasteiger partial charge on any atom is 0.0142 e. The van der Waals surface area contributed by atoms with Crippen molar-refractivity contribution in [3.8, 4) is 0 Å². The molecule has 1 heteroatoms. The molecule has 1 aliphatic heterocycles. The summed E-state index contributed by atoms with van der Waals surface area (Å²) >= 11 is 2.10. The van der Waals surface area contributed by atoms with Gasteiger partial charge in [0.25, 0.3) is 0 Å². The van der Waals surface area contributed by atoms with Crippen molar-refractivity contribution in [3.63, 3.8) is 0 Å². The van der Waals surface area contributed by atoms with Gasteiger partial charge in [0.2, 0.25) is 0 Å². The van der Waals surface area contributed by atoms with Crippen LogP contribution in [0.25, 0.3) is 0 Å². The molecular formula is C18H30S. The van der Waals surface area contributed by atoms with E-state index in [1.165, 1.54) is 42.6 Å². The second kappa shape index (κ2) is 7.38. The molecule has 0 N–H and O–H groups in total. The van der Waals surface area contributed by atoms with Crippen LogP contribution in [0.5, 0.6) is 0 Å². The molecule has 19 heavy (non-hydrogen) atoms. The Bertz CT molecular complexity index is 400. The van der Waals surface area contributed by atoms with Gasteiger partial charge >= 0.3 is 0 Å². The molecule has 0 amide bonds. The fourth-order valence-electron chi connectivity index (χ4n) is 3.36. The Kier molecular flexibility index (Phi) is 6.46. The van der Waals surface area contributed by atoms with Crippen molar-refractivity contribution >= 4 is 11.8 Å². The van der Waals surface area contributed by atoms with Crippen LogP contribution in [0.4, 0.5) is 0 Å². The smallest absolute Gasteiger partial charge is 0.0142 e. The Morgan fingerprint density at radius 3 is 2.00 bits per heavy atom. The number of aryl methyl sites for hydroxylation is 2. The van der Waals surface area contributed by atoms with E-state index in [0.717, 1.165) is 0 Å². The highest BCUT2D eigenvalue weighted by atomic mass is 32.2. The van der Waals surface area contributed by atoms with E-state index in [1.54, 1.807) is 10.5 Å². The summed E-state index contributed by atoms with van der Waals surface area (Å²) in [5.74, 6) is 1.34. The van der Waals surface area contributed by atoms with Gasteiger partial charge in [0.05, 0.1) is 0 Å². The molecule has 1 aromatic rings. The van der Waals surface area contributed by atoms with Crippen molar-refractivity contribution in [2.45, 2.75) is 77.5 Å².